The summed E-state index contributed by atoms with van der Waals surface area (Å²) in [5.41, 5.74) is 1.47. The third kappa shape index (κ3) is 3.73. The number of nitrogens with one attached hydrogen (secondary N) is 1. The molecule has 1 saturated carbocycles. The van der Waals surface area contributed by atoms with Gasteiger partial charge >= 0.3 is 0 Å². The molecule has 3 aliphatic rings. The quantitative estimate of drug-likeness (QED) is 0.876. The number of amides is 2. The zero-order chi connectivity index (χ0) is 19.0. The largest absolute Gasteiger partial charge is 0.368 e. The second kappa shape index (κ2) is 7.24. The highest BCUT2D eigenvalue weighted by atomic mass is 16.5. The van der Waals surface area contributed by atoms with Crippen molar-refractivity contribution >= 4 is 11.8 Å². The fraction of sp³-hybridized carbons (Fsp3) is 0.619. The minimum atomic E-state index is -0.335. The minimum absolute atomic E-state index is 0.0525. The molecule has 6 nitrogen and oxygen atoms in total. The Morgan fingerprint density at radius 1 is 1.19 bits per heavy atom. The van der Waals surface area contributed by atoms with Gasteiger partial charge in [0.1, 0.15) is 11.6 Å². The molecule has 1 aromatic rings. The van der Waals surface area contributed by atoms with Crippen molar-refractivity contribution in [3.05, 3.63) is 35.4 Å². The number of carbonyl (C=O) groups excluding carboxylic acids is 2. The van der Waals surface area contributed by atoms with Gasteiger partial charge in [0.05, 0.1) is 19.7 Å². The van der Waals surface area contributed by atoms with Crippen molar-refractivity contribution in [2.24, 2.45) is 0 Å². The van der Waals surface area contributed by atoms with Crippen LogP contribution in [0.5, 0.6) is 0 Å². The van der Waals surface area contributed by atoms with E-state index < -0.39 is 0 Å². The Labute approximate surface area is 160 Å². The molecule has 1 atom stereocenters. The van der Waals surface area contributed by atoms with Crippen LogP contribution in [0.1, 0.15) is 41.6 Å². The van der Waals surface area contributed by atoms with Gasteiger partial charge in [0.25, 0.3) is 5.91 Å². The molecular formula is C21H29N3O3. The molecule has 6 heteroatoms. The molecular weight excluding hydrogens is 342 g/mol. The maximum atomic E-state index is 12.6. The number of hydrogen-bond donors (Lipinski definition) is 1. The molecule has 0 bridgehead atoms. The van der Waals surface area contributed by atoms with E-state index in [0.717, 1.165) is 24.0 Å². The van der Waals surface area contributed by atoms with Crippen molar-refractivity contribution in [2.45, 2.75) is 50.3 Å². The number of rotatable bonds is 3. The van der Waals surface area contributed by atoms with Gasteiger partial charge in [-0.2, -0.15) is 0 Å². The molecule has 1 spiro atoms. The van der Waals surface area contributed by atoms with Crippen LogP contribution in [0.25, 0.3) is 0 Å². The molecule has 1 N–H and O–H groups in total. The Kier molecular flexibility index (Phi) is 4.95. The van der Waals surface area contributed by atoms with Crippen LogP contribution in [-0.4, -0.2) is 72.6 Å². The van der Waals surface area contributed by atoms with E-state index >= 15 is 0 Å². The Morgan fingerprint density at radius 2 is 1.93 bits per heavy atom. The molecule has 1 unspecified atom stereocenters. The lowest BCUT2D eigenvalue weighted by atomic mass is 9.89. The molecule has 2 amide bonds. The summed E-state index contributed by atoms with van der Waals surface area (Å²) in [5.74, 6) is 0.128. The SMILES string of the molecule is Cc1cccc(C(=O)N2CC3(C2)CN(C)C(C(=O)NC2CCCC2)CO3)c1. The number of aryl methyl sites for hydroxylation is 1. The van der Waals surface area contributed by atoms with E-state index in [1.165, 1.54) is 12.8 Å². The van der Waals surface area contributed by atoms with Gasteiger partial charge < -0.3 is 15.0 Å². The highest BCUT2D eigenvalue weighted by molar-refractivity contribution is 5.95. The van der Waals surface area contributed by atoms with Gasteiger partial charge in [-0.15, -0.1) is 0 Å². The summed E-state index contributed by atoms with van der Waals surface area (Å²) in [6.07, 6.45) is 4.58. The average molecular weight is 371 g/mol. The van der Waals surface area contributed by atoms with Crippen LogP contribution in [0.3, 0.4) is 0 Å². The first-order valence-corrected chi connectivity index (χ1v) is 9.96. The first-order valence-electron chi connectivity index (χ1n) is 9.96. The first-order chi connectivity index (χ1) is 13.0. The maximum absolute atomic E-state index is 12.6. The molecule has 1 aliphatic carbocycles. The van der Waals surface area contributed by atoms with Crippen molar-refractivity contribution in [2.75, 3.05) is 33.3 Å². The van der Waals surface area contributed by atoms with E-state index in [2.05, 4.69) is 10.2 Å². The normalized spacial score (nSPS) is 25.4. The number of ether oxygens (including phenoxy) is 1. The monoisotopic (exact) mass is 371 g/mol. The summed E-state index contributed by atoms with van der Waals surface area (Å²) < 4.78 is 6.11. The zero-order valence-electron chi connectivity index (χ0n) is 16.2. The molecule has 0 aromatic heterocycles. The average Bonchev–Trinajstić information content (AvgIpc) is 3.11. The Morgan fingerprint density at radius 3 is 2.59 bits per heavy atom. The van der Waals surface area contributed by atoms with Crippen LogP contribution in [0, 0.1) is 6.92 Å². The molecule has 3 fully saturated rings. The number of nitrogens with zero attached hydrogens (tertiary/aromatic N) is 2. The lowest BCUT2D eigenvalue weighted by Gasteiger charge is -2.54. The Balaban J connectivity index is 1.31. The van der Waals surface area contributed by atoms with Crippen molar-refractivity contribution in [3.63, 3.8) is 0 Å². The van der Waals surface area contributed by atoms with Gasteiger partial charge in [-0.25, -0.2) is 0 Å². The molecule has 4 rings (SSSR count). The van der Waals surface area contributed by atoms with E-state index in [1.807, 2.05) is 43.1 Å². The van der Waals surface area contributed by atoms with E-state index in [0.29, 0.717) is 32.3 Å². The van der Waals surface area contributed by atoms with E-state index in [-0.39, 0.29) is 23.5 Å². The molecule has 27 heavy (non-hydrogen) atoms. The number of hydrogen-bond acceptors (Lipinski definition) is 4. The van der Waals surface area contributed by atoms with Gasteiger partial charge in [-0.3, -0.25) is 14.5 Å². The molecule has 2 saturated heterocycles. The minimum Gasteiger partial charge on any atom is -0.368 e. The van der Waals surface area contributed by atoms with Crippen LogP contribution in [0.15, 0.2) is 24.3 Å². The van der Waals surface area contributed by atoms with Crippen LogP contribution in [0.2, 0.25) is 0 Å². The first kappa shape index (κ1) is 18.4. The molecule has 1 aromatic carbocycles. The van der Waals surface area contributed by atoms with Crippen LogP contribution in [0.4, 0.5) is 0 Å². The maximum Gasteiger partial charge on any atom is 0.254 e. The van der Waals surface area contributed by atoms with Gasteiger partial charge in [0, 0.05) is 18.2 Å². The van der Waals surface area contributed by atoms with Gasteiger partial charge in [0.15, 0.2) is 0 Å². The smallest absolute Gasteiger partial charge is 0.254 e. The summed E-state index contributed by atoms with van der Waals surface area (Å²) in [5, 5.41) is 3.17. The second-order valence-corrected chi connectivity index (χ2v) is 8.45. The third-order valence-corrected chi connectivity index (χ3v) is 6.13. The van der Waals surface area contributed by atoms with Crippen LogP contribution >= 0.6 is 0 Å². The lowest BCUT2D eigenvalue weighted by molar-refractivity contribution is -0.187. The number of likely N-dealkylation sites (tertiary alicyclic amines) is 1. The van der Waals surface area contributed by atoms with Crippen LogP contribution in [-0.2, 0) is 9.53 Å². The predicted octanol–water partition coefficient (Wildman–Crippen LogP) is 1.58. The lowest BCUT2D eigenvalue weighted by Crippen LogP contribution is -2.73. The van der Waals surface area contributed by atoms with Gasteiger partial charge in [-0.1, -0.05) is 30.5 Å². The third-order valence-electron chi connectivity index (χ3n) is 6.13. The number of morpholine rings is 1. The molecule has 2 aliphatic heterocycles. The summed E-state index contributed by atoms with van der Waals surface area (Å²) in [6, 6.07) is 7.77. The molecule has 146 valence electrons. The molecule has 0 radical (unpaired) electrons. The zero-order valence-corrected chi connectivity index (χ0v) is 16.2. The topological polar surface area (TPSA) is 61.9 Å². The molecule has 2 heterocycles. The predicted molar refractivity (Wildman–Crippen MR) is 103 cm³/mol. The Hall–Kier alpha value is -1.92. The number of likely N-dealkylation sites (N-methyl/N-ethyl adjacent to an activating group) is 1. The fourth-order valence-electron chi connectivity index (χ4n) is 4.58. The Bertz CT molecular complexity index is 723. The number of benzene rings is 1. The van der Waals surface area contributed by atoms with E-state index in [1.54, 1.807) is 0 Å². The summed E-state index contributed by atoms with van der Waals surface area (Å²) >= 11 is 0. The standard InChI is InChI=1S/C21H29N3O3/c1-15-6-5-7-16(10-15)20(26)24-13-21(14-24)12-23(2)18(11-27-21)19(25)22-17-8-3-4-9-17/h5-7,10,17-18H,3-4,8-9,11-14H2,1-2H3,(H,22,25). The van der Waals surface area contributed by atoms with Gasteiger partial charge in [-0.05, 0) is 38.9 Å². The van der Waals surface area contributed by atoms with Crippen LogP contribution < -0.4 is 5.32 Å². The van der Waals surface area contributed by atoms with E-state index in [4.69, 9.17) is 4.74 Å². The summed E-state index contributed by atoms with van der Waals surface area (Å²) in [6.45, 7) is 4.22. The summed E-state index contributed by atoms with van der Waals surface area (Å²) in [4.78, 5) is 29.1. The second-order valence-electron chi connectivity index (χ2n) is 8.45. The highest BCUT2D eigenvalue weighted by Gasteiger charge is 2.51. The number of carbonyl (C=O) groups is 2. The van der Waals surface area contributed by atoms with Crippen molar-refractivity contribution in [3.8, 4) is 0 Å². The fourth-order valence-corrected chi connectivity index (χ4v) is 4.58. The van der Waals surface area contributed by atoms with Gasteiger partial charge in [0.2, 0.25) is 5.91 Å². The summed E-state index contributed by atoms with van der Waals surface area (Å²) in [7, 11) is 1.98. The van der Waals surface area contributed by atoms with Crippen molar-refractivity contribution < 1.29 is 14.3 Å². The highest BCUT2D eigenvalue weighted by Crippen LogP contribution is 2.32. The van der Waals surface area contributed by atoms with Crippen molar-refractivity contribution in [1.82, 2.24) is 15.1 Å². The van der Waals surface area contributed by atoms with Crippen molar-refractivity contribution in [1.29, 1.82) is 0 Å². The van der Waals surface area contributed by atoms with E-state index in [9.17, 15) is 9.59 Å².